The van der Waals surface area contributed by atoms with E-state index in [1.807, 2.05) is 50.0 Å². The van der Waals surface area contributed by atoms with E-state index in [2.05, 4.69) is 67.3 Å². The van der Waals surface area contributed by atoms with Gasteiger partial charge in [-0.25, -0.2) is 15.0 Å². The van der Waals surface area contributed by atoms with Crippen LogP contribution in [-0.2, 0) is 23.9 Å². The van der Waals surface area contributed by atoms with Gasteiger partial charge in [-0.15, -0.1) is 0 Å². The summed E-state index contributed by atoms with van der Waals surface area (Å²) in [7, 11) is 1.37. The Morgan fingerprint density at radius 1 is 0.811 bits per heavy atom. The molecule has 0 aromatic rings. The summed E-state index contributed by atoms with van der Waals surface area (Å²) in [6.45, 7) is 29.3. The summed E-state index contributed by atoms with van der Waals surface area (Å²) in [4.78, 5) is 60.0. The fourth-order valence-corrected chi connectivity index (χ4v) is 10.8. The molecule has 0 aromatic heterocycles. The number of nitrogens with one attached hydrogen (secondary N) is 1. The van der Waals surface area contributed by atoms with E-state index in [0.717, 1.165) is 84.8 Å². The maximum absolute atomic E-state index is 15.2. The topological polar surface area (TPSA) is 142 Å². The Hall–Kier alpha value is -5.58. The smallest absolute Gasteiger partial charge is 0.310 e. The van der Waals surface area contributed by atoms with Crippen molar-refractivity contribution in [3.8, 4) is 0 Å². The lowest BCUT2D eigenvalue weighted by Crippen LogP contribution is -2.36. The fraction of sp³-hybridized carbons (Fsp3) is 0.587. The number of methoxy groups -OCH3 is 1. The maximum atomic E-state index is 15.2. The molecule has 5 heterocycles. The Labute approximate surface area is 445 Å². The second kappa shape index (κ2) is 28.9. The molecule has 1 saturated heterocycles. The lowest BCUT2D eigenvalue weighted by atomic mass is 9.84. The van der Waals surface area contributed by atoms with Crippen molar-refractivity contribution >= 4 is 35.0 Å². The highest BCUT2D eigenvalue weighted by atomic mass is 16.5. The molecule has 5 aliphatic rings. The van der Waals surface area contributed by atoms with Crippen LogP contribution in [0.2, 0.25) is 0 Å². The van der Waals surface area contributed by atoms with Gasteiger partial charge in [0.2, 0.25) is 0 Å². The lowest BCUT2D eigenvalue weighted by molar-refractivity contribution is -0.143. The number of rotatable bonds is 28. The van der Waals surface area contributed by atoms with Gasteiger partial charge in [0.25, 0.3) is 5.91 Å². The summed E-state index contributed by atoms with van der Waals surface area (Å²) in [5.74, 6) is 0.897. The third-order valence-electron chi connectivity index (χ3n) is 15.7. The average Bonchev–Trinajstić information content (AvgIpc) is 4.07. The highest BCUT2D eigenvalue weighted by molar-refractivity contribution is 6.31. The van der Waals surface area contributed by atoms with E-state index < -0.39 is 5.97 Å². The highest BCUT2D eigenvalue weighted by Crippen LogP contribution is 2.43. The fourth-order valence-electron chi connectivity index (χ4n) is 10.8. The molecular weight excluding hydrogens is 923 g/mol. The lowest BCUT2D eigenvalue weighted by Gasteiger charge is -2.25. The van der Waals surface area contributed by atoms with Crippen LogP contribution in [0.3, 0.4) is 0 Å². The van der Waals surface area contributed by atoms with Gasteiger partial charge in [-0.05, 0) is 118 Å². The number of unbranched alkanes of at least 4 members (excludes halogenated alkanes) is 2. The number of fused-ring (bicyclic) bond motifs is 5. The summed E-state index contributed by atoms with van der Waals surface area (Å²) < 4.78 is 11.3. The quantitative estimate of drug-likeness (QED) is 0.0451. The molecule has 0 spiro atoms. The molecule has 4 unspecified atom stereocenters. The third kappa shape index (κ3) is 15.5. The third-order valence-corrected chi connectivity index (χ3v) is 15.7. The van der Waals surface area contributed by atoms with Crippen LogP contribution >= 0.6 is 0 Å². The Morgan fingerprint density at radius 2 is 1.47 bits per heavy atom. The van der Waals surface area contributed by atoms with Crippen LogP contribution in [0.4, 0.5) is 0 Å². The first kappa shape index (κ1) is 59.3. The molecule has 11 heteroatoms. The molecule has 0 radical (unpaired) electrons. The van der Waals surface area contributed by atoms with Crippen molar-refractivity contribution in [1.82, 2.24) is 10.2 Å². The van der Waals surface area contributed by atoms with Gasteiger partial charge in [-0.3, -0.25) is 14.4 Å². The minimum Gasteiger partial charge on any atom is -0.515 e. The van der Waals surface area contributed by atoms with Crippen molar-refractivity contribution in [3.05, 3.63) is 116 Å². The predicted octanol–water partition coefficient (Wildman–Crippen LogP) is 14.8. The van der Waals surface area contributed by atoms with E-state index in [1.165, 1.54) is 57.6 Å². The summed E-state index contributed by atoms with van der Waals surface area (Å²) >= 11 is 0. The van der Waals surface area contributed by atoms with Crippen molar-refractivity contribution in [3.63, 3.8) is 0 Å². The van der Waals surface area contributed by atoms with Gasteiger partial charge in [-0.2, -0.15) is 0 Å². The number of ether oxygens (including phenoxy) is 2. The summed E-state index contributed by atoms with van der Waals surface area (Å²) in [5.41, 5.74) is 11.1. The van der Waals surface area contributed by atoms with Crippen LogP contribution in [0.25, 0.3) is 0 Å². The number of amides is 1. The number of aliphatic hydroxyl groups excluding tert-OH is 1. The standard InChI is InChI=1S/C63H91N5O6/c1-14-18-32-68(33-19-15-2)63(72)60-46(12)54-37-56-48(17-4)51(39-69)57(65-56)38-55-47(16-3)44(10)52(64-55)36-53-45(11)49(61(66-53)50(62(60)67-54)35-59(71)73-13)29-30-58(70)74-34-31-43(9)28-22-27-42(8)26-21-25-41(7)24-20-23-40(5)6/h16,31,36-42,45,49,66,69H,3,14-15,17-30,32-35H2,1-2,4-13H3/b43-31+,51-39+,53-36?,54-37?,55-38?,61-50?. The summed E-state index contributed by atoms with van der Waals surface area (Å²) in [6, 6.07) is 0. The van der Waals surface area contributed by atoms with Crippen LogP contribution in [0.1, 0.15) is 185 Å². The monoisotopic (exact) mass is 1010 g/mol. The highest BCUT2D eigenvalue weighted by Gasteiger charge is 2.41. The van der Waals surface area contributed by atoms with Gasteiger partial charge in [0.1, 0.15) is 6.61 Å². The first-order chi connectivity index (χ1) is 35.5. The van der Waals surface area contributed by atoms with Crippen LogP contribution in [0.15, 0.2) is 131 Å². The molecule has 74 heavy (non-hydrogen) atoms. The van der Waals surface area contributed by atoms with Gasteiger partial charge in [0.05, 0.1) is 59.6 Å². The molecule has 1 fully saturated rings. The number of hydrogen-bond donors (Lipinski definition) is 2. The molecule has 2 N–H and O–H groups in total. The van der Waals surface area contributed by atoms with Crippen molar-refractivity contribution in [2.24, 2.45) is 44.6 Å². The Morgan fingerprint density at radius 3 is 2.08 bits per heavy atom. The van der Waals surface area contributed by atoms with Gasteiger partial charge in [0.15, 0.2) is 0 Å². The molecule has 4 atom stereocenters. The predicted molar refractivity (Wildman–Crippen MR) is 305 cm³/mol. The number of esters is 2. The SMILES string of the molecule is C=CC1=C(C)C2=NC1=CC1=NC(=C(CC)/C1=C\O)C=C1N=C(C(CC(=O)OC)=C3NC(=C2)C(C)C3CCC(=O)OC/C=C(\C)CCCC(C)CCCC(C)CCCC(C)C)C(C(=O)N(CCCC)CCCC)=C1C. The van der Waals surface area contributed by atoms with Crippen molar-refractivity contribution < 1.29 is 29.0 Å². The number of carbonyl (C=O) groups is 3. The number of aliphatic imine (C=N–C) groups is 3. The molecule has 0 saturated carbocycles. The normalized spacial score (nSPS) is 20.1. The van der Waals surface area contributed by atoms with E-state index in [9.17, 15) is 14.7 Å². The zero-order valence-corrected chi connectivity index (χ0v) is 47.5. The minimum atomic E-state index is -0.484. The zero-order valence-electron chi connectivity index (χ0n) is 47.5. The van der Waals surface area contributed by atoms with E-state index in [4.69, 9.17) is 24.5 Å². The second-order valence-electron chi connectivity index (χ2n) is 21.9. The van der Waals surface area contributed by atoms with Crippen molar-refractivity contribution in [2.75, 3.05) is 26.8 Å². The molecule has 1 amide bonds. The number of nitrogens with zero attached hydrogens (tertiary/aromatic N) is 4. The largest absolute Gasteiger partial charge is 0.515 e. The van der Waals surface area contributed by atoms with E-state index in [-0.39, 0.29) is 43.2 Å². The molecule has 5 rings (SSSR count). The molecule has 11 nitrogen and oxygen atoms in total. The first-order valence-electron chi connectivity index (χ1n) is 28.2. The van der Waals surface area contributed by atoms with E-state index >= 15 is 4.79 Å². The Balaban J connectivity index is 1.49. The summed E-state index contributed by atoms with van der Waals surface area (Å²) in [6.07, 6.45) is 26.4. The van der Waals surface area contributed by atoms with Crippen LogP contribution < -0.4 is 5.32 Å². The van der Waals surface area contributed by atoms with Crippen LogP contribution in [-0.4, -0.2) is 71.8 Å². The van der Waals surface area contributed by atoms with Gasteiger partial charge >= 0.3 is 11.9 Å². The van der Waals surface area contributed by atoms with Crippen molar-refractivity contribution in [1.29, 1.82) is 0 Å². The molecule has 8 bridgehead atoms. The van der Waals surface area contributed by atoms with Crippen LogP contribution in [0, 0.1) is 29.6 Å². The maximum Gasteiger partial charge on any atom is 0.310 e. The minimum absolute atomic E-state index is 0.141. The number of hydrogen-bond acceptors (Lipinski definition) is 10. The average molecular weight is 1010 g/mol. The molecule has 0 aliphatic carbocycles. The Bertz CT molecular complexity index is 2470. The molecule has 0 aromatic carbocycles. The second-order valence-corrected chi connectivity index (χ2v) is 21.9. The van der Waals surface area contributed by atoms with Crippen LogP contribution in [0.5, 0.6) is 0 Å². The molecular formula is C63H91N5O6. The summed E-state index contributed by atoms with van der Waals surface area (Å²) in [5, 5.41) is 14.4. The number of carbonyl (C=O) groups excluding carboxylic acids is 3. The van der Waals surface area contributed by atoms with E-state index in [0.29, 0.717) is 88.4 Å². The van der Waals surface area contributed by atoms with E-state index in [1.54, 1.807) is 6.08 Å². The Kier molecular flexibility index (Phi) is 23.2. The number of allylic oxidation sites excluding steroid dienone is 11. The van der Waals surface area contributed by atoms with Gasteiger partial charge in [-0.1, -0.05) is 131 Å². The number of aliphatic hydroxyl groups is 1. The first-order valence-corrected chi connectivity index (χ1v) is 28.2. The van der Waals surface area contributed by atoms with Gasteiger partial charge < -0.3 is 24.8 Å². The van der Waals surface area contributed by atoms with Crippen molar-refractivity contribution in [2.45, 2.75) is 185 Å². The molecule has 5 aliphatic heterocycles. The zero-order chi connectivity index (χ0) is 54.1. The molecule has 404 valence electrons. The van der Waals surface area contributed by atoms with Gasteiger partial charge in [0, 0.05) is 59.5 Å².